The van der Waals surface area contributed by atoms with Crippen LogP contribution < -0.4 is 10.6 Å². The lowest BCUT2D eigenvalue weighted by atomic mass is 10.1. The summed E-state index contributed by atoms with van der Waals surface area (Å²) in [6.45, 7) is 0.349. The average molecular weight is 558 g/mol. The number of tetrazole rings is 1. The van der Waals surface area contributed by atoms with Gasteiger partial charge in [0.05, 0.1) is 24.4 Å². The molecule has 0 spiro atoms. The molecular formula is C27H24ClN9O3. The first-order valence-corrected chi connectivity index (χ1v) is 12.6. The van der Waals surface area contributed by atoms with Crippen molar-refractivity contribution >= 4 is 41.1 Å². The molecule has 1 amide bonds. The summed E-state index contributed by atoms with van der Waals surface area (Å²) in [5.41, 5.74) is 3.32. The number of anilines is 1. The van der Waals surface area contributed by atoms with E-state index in [2.05, 4.69) is 36.2 Å². The van der Waals surface area contributed by atoms with Crippen LogP contribution in [-0.2, 0) is 16.0 Å². The first kappa shape index (κ1) is 26.5. The fourth-order valence-corrected chi connectivity index (χ4v) is 4.22. The number of hydrogen-bond donors (Lipinski definition) is 2. The Morgan fingerprint density at radius 1 is 1.12 bits per heavy atom. The van der Waals surface area contributed by atoms with Gasteiger partial charge in [0.1, 0.15) is 6.33 Å². The van der Waals surface area contributed by atoms with Crippen LogP contribution in [0.4, 0.5) is 5.95 Å². The Morgan fingerprint density at radius 3 is 2.75 bits per heavy atom. The Morgan fingerprint density at radius 2 is 1.98 bits per heavy atom. The third-order valence-electron chi connectivity index (χ3n) is 5.93. The molecule has 0 aliphatic rings. The number of aromatic nitrogens is 7. The standard InChI is InChI=1S/C27H24ClN9O3/c1-40-26(39)20-7-11-24-32-27(33-36(24)16-20)29-15-22(13-18-5-3-2-4-6-18)31-25(38)12-8-19-14-21(28)9-10-23(19)37-17-30-34-35-37/h2-12,14,16-17,22H,13,15H2,1H3,(H,29,33)(H,31,38). The van der Waals surface area contributed by atoms with Gasteiger partial charge >= 0.3 is 5.97 Å². The van der Waals surface area contributed by atoms with Crippen LogP contribution in [0, 0.1) is 0 Å². The van der Waals surface area contributed by atoms with Gasteiger partial charge in [0.2, 0.25) is 11.9 Å². The highest BCUT2D eigenvalue weighted by molar-refractivity contribution is 6.30. The Labute approximate surface area is 233 Å². The number of methoxy groups -OCH3 is 1. The summed E-state index contributed by atoms with van der Waals surface area (Å²) in [6, 6.07) is 18.1. The van der Waals surface area contributed by atoms with E-state index in [-0.39, 0.29) is 11.9 Å². The summed E-state index contributed by atoms with van der Waals surface area (Å²) in [5.74, 6) is -0.403. The van der Waals surface area contributed by atoms with Crippen LogP contribution in [0.5, 0.6) is 0 Å². The monoisotopic (exact) mass is 557 g/mol. The number of pyridine rings is 1. The predicted octanol–water partition coefficient (Wildman–Crippen LogP) is 3.00. The number of nitrogens with one attached hydrogen (secondary N) is 2. The number of rotatable bonds is 10. The highest BCUT2D eigenvalue weighted by Crippen LogP contribution is 2.20. The Hall–Kier alpha value is -5.10. The number of amides is 1. The zero-order valence-electron chi connectivity index (χ0n) is 21.3. The van der Waals surface area contributed by atoms with Crippen LogP contribution in [0.15, 0.2) is 79.3 Å². The molecule has 1 atom stereocenters. The lowest BCUT2D eigenvalue weighted by Crippen LogP contribution is -2.40. The highest BCUT2D eigenvalue weighted by Gasteiger charge is 2.15. The summed E-state index contributed by atoms with van der Waals surface area (Å²) in [5, 5.41) is 22.4. The first-order valence-electron chi connectivity index (χ1n) is 12.2. The van der Waals surface area contributed by atoms with Crippen LogP contribution in [0.1, 0.15) is 21.5 Å². The summed E-state index contributed by atoms with van der Waals surface area (Å²) < 4.78 is 7.75. The van der Waals surface area contributed by atoms with E-state index in [1.807, 2.05) is 30.3 Å². The third kappa shape index (κ3) is 6.48. The molecule has 40 heavy (non-hydrogen) atoms. The molecule has 2 N–H and O–H groups in total. The van der Waals surface area contributed by atoms with E-state index in [1.54, 1.807) is 42.6 Å². The van der Waals surface area contributed by atoms with Crippen molar-refractivity contribution in [2.75, 3.05) is 19.0 Å². The molecule has 0 bridgehead atoms. The summed E-state index contributed by atoms with van der Waals surface area (Å²) in [4.78, 5) is 29.3. The van der Waals surface area contributed by atoms with E-state index >= 15 is 0 Å². The fraction of sp³-hybridized carbons (Fsp3) is 0.148. The third-order valence-corrected chi connectivity index (χ3v) is 6.16. The van der Waals surface area contributed by atoms with Gasteiger partial charge in [-0.3, -0.25) is 4.79 Å². The number of halogens is 1. The maximum absolute atomic E-state index is 13.0. The van der Waals surface area contributed by atoms with Crippen LogP contribution in [0.3, 0.4) is 0 Å². The summed E-state index contributed by atoms with van der Waals surface area (Å²) in [7, 11) is 1.32. The lowest BCUT2D eigenvalue weighted by molar-refractivity contribution is -0.117. The van der Waals surface area contributed by atoms with Gasteiger partial charge in [-0.15, -0.1) is 10.2 Å². The van der Waals surface area contributed by atoms with Crippen LogP contribution >= 0.6 is 11.6 Å². The molecule has 0 aliphatic heterocycles. The van der Waals surface area contributed by atoms with E-state index < -0.39 is 5.97 Å². The van der Waals surface area contributed by atoms with Gasteiger partial charge in [0.15, 0.2) is 5.65 Å². The second kappa shape index (κ2) is 12.2. The number of benzene rings is 2. The Bertz CT molecular complexity index is 1650. The number of nitrogens with zero attached hydrogens (tertiary/aromatic N) is 7. The van der Waals surface area contributed by atoms with Crippen molar-refractivity contribution < 1.29 is 14.3 Å². The van der Waals surface area contributed by atoms with E-state index in [0.717, 1.165) is 5.56 Å². The van der Waals surface area contributed by atoms with Gasteiger partial charge in [-0.05, 0) is 58.8 Å². The van der Waals surface area contributed by atoms with E-state index in [9.17, 15) is 9.59 Å². The predicted molar refractivity (Wildman–Crippen MR) is 148 cm³/mol. The van der Waals surface area contributed by atoms with E-state index in [1.165, 1.54) is 28.7 Å². The quantitative estimate of drug-likeness (QED) is 0.196. The topological polar surface area (TPSA) is 141 Å². The molecule has 2 aromatic carbocycles. The summed E-state index contributed by atoms with van der Waals surface area (Å²) in [6.07, 6.45) is 6.68. The number of carbonyl (C=O) groups is 2. The number of carbonyl (C=O) groups excluding carboxylic acids is 2. The molecule has 0 saturated heterocycles. The molecule has 3 aromatic heterocycles. The van der Waals surface area contributed by atoms with Crippen LogP contribution in [0.25, 0.3) is 17.4 Å². The number of ether oxygens (including phenoxy) is 1. The molecule has 0 fully saturated rings. The van der Waals surface area contributed by atoms with Crippen molar-refractivity contribution in [3.8, 4) is 5.69 Å². The van der Waals surface area contributed by atoms with E-state index in [0.29, 0.717) is 46.4 Å². The number of esters is 1. The molecule has 13 heteroatoms. The number of fused-ring (bicyclic) bond motifs is 1. The molecule has 1 unspecified atom stereocenters. The van der Waals surface area contributed by atoms with Gasteiger partial charge in [0, 0.05) is 29.4 Å². The minimum Gasteiger partial charge on any atom is -0.465 e. The average Bonchev–Trinajstić information content (AvgIpc) is 3.65. The van der Waals surface area contributed by atoms with Gasteiger partial charge in [-0.1, -0.05) is 41.9 Å². The van der Waals surface area contributed by atoms with Crippen molar-refractivity contribution in [2.24, 2.45) is 0 Å². The SMILES string of the molecule is COC(=O)c1ccc2nc(NCC(Cc3ccccc3)NC(=O)C=Cc3cc(Cl)ccc3-n3cnnn3)nn2c1. The van der Waals surface area contributed by atoms with Crippen LogP contribution in [-0.4, -0.2) is 66.4 Å². The Balaban J connectivity index is 1.31. The zero-order chi connectivity index (χ0) is 27.9. The second-order valence-corrected chi connectivity index (χ2v) is 9.15. The molecule has 3 heterocycles. The van der Waals surface area contributed by atoms with Crippen molar-refractivity contribution in [3.05, 3.63) is 101 Å². The molecule has 0 aliphatic carbocycles. The second-order valence-electron chi connectivity index (χ2n) is 8.71. The first-order chi connectivity index (χ1) is 19.5. The Kier molecular flexibility index (Phi) is 8.07. The molecule has 5 aromatic rings. The smallest absolute Gasteiger partial charge is 0.339 e. The maximum Gasteiger partial charge on any atom is 0.339 e. The zero-order valence-corrected chi connectivity index (χ0v) is 22.1. The van der Waals surface area contributed by atoms with Crippen molar-refractivity contribution in [2.45, 2.75) is 12.5 Å². The molecule has 5 rings (SSSR count). The molecular weight excluding hydrogens is 534 g/mol. The molecule has 0 radical (unpaired) electrons. The fourth-order valence-electron chi connectivity index (χ4n) is 4.04. The molecule has 202 valence electrons. The molecule has 0 saturated carbocycles. The lowest BCUT2D eigenvalue weighted by Gasteiger charge is -2.18. The minimum absolute atomic E-state index is 0.295. The number of hydrogen-bond acceptors (Lipinski definition) is 9. The summed E-state index contributed by atoms with van der Waals surface area (Å²) >= 11 is 6.19. The van der Waals surface area contributed by atoms with Crippen LogP contribution in [0.2, 0.25) is 5.02 Å². The minimum atomic E-state index is -0.464. The van der Waals surface area contributed by atoms with Crippen molar-refractivity contribution in [1.29, 1.82) is 0 Å². The normalized spacial score (nSPS) is 11.9. The van der Waals surface area contributed by atoms with Gasteiger partial charge in [0.25, 0.3) is 0 Å². The maximum atomic E-state index is 13.0. The largest absolute Gasteiger partial charge is 0.465 e. The molecule has 12 nitrogen and oxygen atoms in total. The van der Waals surface area contributed by atoms with E-state index in [4.69, 9.17) is 16.3 Å². The van der Waals surface area contributed by atoms with Crippen molar-refractivity contribution in [3.63, 3.8) is 0 Å². The van der Waals surface area contributed by atoms with Gasteiger partial charge in [-0.25, -0.2) is 9.31 Å². The van der Waals surface area contributed by atoms with Gasteiger partial charge < -0.3 is 15.4 Å². The van der Waals surface area contributed by atoms with Crippen molar-refractivity contribution in [1.82, 2.24) is 40.1 Å². The van der Waals surface area contributed by atoms with Gasteiger partial charge in [-0.2, -0.15) is 9.67 Å². The highest BCUT2D eigenvalue weighted by atomic mass is 35.5.